The molecule has 1 fully saturated rings. The average molecular weight is 414 g/mol. The molecule has 2 N–H and O–H groups in total. The normalized spacial score (nSPS) is 15.6. The van der Waals surface area contributed by atoms with Gasteiger partial charge in [-0.3, -0.25) is 10.1 Å². The Morgan fingerprint density at radius 2 is 2.00 bits per heavy atom. The van der Waals surface area contributed by atoms with Crippen molar-refractivity contribution in [3.05, 3.63) is 29.6 Å². The number of sulfone groups is 1. The third-order valence-corrected chi connectivity index (χ3v) is 6.60. The molecule has 7 nitrogen and oxygen atoms in total. The van der Waals surface area contributed by atoms with Gasteiger partial charge in [-0.05, 0) is 43.4 Å². The zero-order chi connectivity index (χ0) is 20.7. The summed E-state index contributed by atoms with van der Waals surface area (Å²) < 4.78 is 38.5. The Hall–Kier alpha value is -2.16. The summed E-state index contributed by atoms with van der Waals surface area (Å²) in [6.07, 6.45) is 1.81. The van der Waals surface area contributed by atoms with Crippen molar-refractivity contribution < 1.29 is 22.4 Å². The average Bonchev–Trinajstić information content (AvgIpc) is 2.93. The summed E-state index contributed by atoms with van der Waals surface area (Å²) in [5, 5.41) is 5.14. The first-order valence-corrected chi connectivity index (χ1v) is 11.4. The second-order valence-corrected chi connectivity index (χ2v) is 9.35. The van der Waals surface area contributed by atoms with Crippen LogP contribution in [0.4, 0.5) is 14.9 Å². The largest absolute Gasteiger partial charge is 0.383 e. The number of hydrogen-bond acceptors (Lipinski definition) is 5. The second-order valence-electron chi connectivity index (χ2n) is 7.12. The number of carbonyl (C=O) groups excluding carboxylic acids is 2. The number of nitrogens with one attached hydrogen (secondary N) is 2. The monoisotopic (exact) mass is 413 g/mol. The molecule has 1 aliphatic rings. The van der Waals surface area contributed by atoms with Gasteiger partial charge in [0.25, 0.3) is 0 Å². The Bertz CT molecular complexity index is 813. The van der Waals surface area contributed by atoms with E-state index < -0.39 is 9.84 Å². The van der Waals surface area contributed by atoms with Gasteiger partial charge in [0.15, 0.2) is 9.84 Å². The second kappa shape index (κ2) is 9.86. The fraction of sp³-hybridized carbons (Fsp3) is 0.579. The lowest BCUT2D eigenvalue weighted by Gasteiger charge is -2.15. The summed E-state index contributed by atoms with van der Waals surface area (Å²) in [4.78, 5) is 23.9. The van der Waals surface area contributed by atoms with E-state index in [4.69, 9.17) is 0 Å². The van der Waals surface area contributed by atoms with Gasteiger partial charge in [0.1, 0.15) is 12.4 Å². The number of halogens is 1. The van der Waals surface area contributed by atoms with Gasteiger partial charge in [-0.25, -0.2) is 17.6 Å². The van der Waals surface area contributed by atoms with Crippen LogP contribution in [0.3, 0.4) is 0 Å². The lowest BCUT2D eigenvalue weighted by atomic mass is 10.0. The van der Waals surface area contributed by atoms with Gasteiger partial charge in [0.05, 0.1) is 17.2 Å². The number of anilines is 1. The van der Waals surface area contributed by atoms with Crippen LogP contribution < -0.4 is 10.6 Å². The molecule has 0 unspecified atom stereocenters. The maximum atomic E-state index is 13.7. The molecule has 156 valence electrons. The van der Waals surface area contributed by atoms with Gasteiger partial charge < -0.3 is 10.2 Å². The highest BCUT2D eigenvalue weighted by molar-refractivity contribution is 7.91. The molecule has 0 spiro atoms. The molecule has 0 aromatic heterocycles. The van der Waals surface area contributed by atoms with Crippen molar-refractivity contribution in [3.63, 3.8) is 0 Å². The summed E-state index contributed by atoms with van der Waals surface area (Å²) in [7, 11) is -3.24. The smallest absolute Gasteiger partial charge is 0.324 e. The summed E-state index contributed by atoms with van der Waals surface area (Å²) in [5.41, 5.74) is 1.17. The third kappa shape index (κ3) is 6.47. The van der Waals surface area contributed by atoms with E-state index in [1.807, 2.05) is 13.8 Å². The number of imide groups is 1. The lowest BCUT2D eigenvalue weighted by molar-refractivity contribution is -0.118. The fourth-order valence-corrected chi connectivity index (χ4v) is 4.97. The van der Waals surface area contributed by atoms with Gasteiger partial charge in [-0.1, -0.05) is 19.4 Å². The third-order valence-electron chi connectivity index (χ3n) is 4.68. The Kier molecular flexibility index (Phi) is 7.79. The molecule has 9 heteroatoms. The van der Waals surface area contributed by atoms with Crippen molar-refractivity contribution in [3.8, 4) is 0 Å². The van der Waals surface area contributed by atoms with Crippen LogP contribution in [0, 0.1) is 5.82 Å². The van der Waals surface area contributed by atoms with Gasteiger partial charge in [-0.2, -0.15) is 0 Å². The molecule has 1 aromatic carbocycles. The minimum atomic E-state index is -3.24. The number of urea groups is 1. The quantitative estimate of drug-likeness (QED) is 0.429. The topological polar surface area (TPSA) is 95.6 Å². The summed E-state index contributed by atoms with van der Waals surface area (Å²) in [5.74, 6) is -0.812. The van der Waals surface area contributed by atoms with E-state index in [2.05, 4.69) is 10.6 Å². The number of nitrogens with zero attached hydrogens (tertiary/aromatic N) is 1. The molecule has 28 heavy (non-hydrogen) atoms. The Labute approximate surface area is 165 Å². The first kappa shape index (κ1) is 22.1. The molecule has 3 amide bonds. The van der Waals surface area contributed by atoms with E-state index in [0.29, 0.717) is 38.0 Å². The molecule has 1 aliphatic heterocycles. The maximum Gasteiger partial charge on any atom is 0.324 e. The highest BCUT2D eigenvalue weighted by atomic mass is 32.2. The minimum Gasteiger partial charge on any atom is -0.383 e. The summed E-state index contributed by atoms with van der Waals surface area (Å²) in [6.45, 7) is 4.79. The van der Waals surface area contributed by atoms with Gasteiger partial charge in [-0.15, -0.1) is 0 Å². The van der Waals surface area contributed by atoms with Crippen LogP contribution in [0.5, 0.6) is 0 Å². The Balaban J connectivity index is 1.77. The van der Waals surface area contributed by atoms with E-state index in [-0.39, 0.29) is 41.7 Å². The zero-order valence-corrected chi connectivity index (χ0v) is 17.1. The Morgan fingerprint density at radius 3 is 2.64 bits per heavy atom. The highest BCUT2D eigenvalue weighted by Gasteiger charge is 2.25. The van der Waals surface area contributed by atoms with Gasteiger partial charge in [0, 0.05) is 13.1 Å². The van der Waals surface area contributed by atoms with Crippen LogP contribution >= 0.6 is 0 Å². The molecule has 0 bridgehead atoms. The molecular weight excluding hydrogens is 385 g/mol. The van der Waals surface area contributed by atoms with Crippen molar-refractivity contribution in [1.29, 1.82) is 0 Å². The van der Waals surface area contributed by atoms with Crippen LogP contribution in [0.25, 0.3) is 0 Å². The number of amides is 3. The predicted octanol–water partition coefficient (Wildman–Crippen LogP) is 2.50. The van der Waals surface area contributed by atoms with Gasteiger partial charge in [0.2, 0.25) is 5.91 Å². The van der Waals surface area contributed by atoms with E-state index in [9.17, 15) is 22.4 Å². The fourth-order valence-electron chi connectivity index (χ4n) is 3.20. The maximum absolute atomic E-state index is 13.7. The molecule has 1 saturated heterocycles. The van der Waals surface area contributed by atoms with Crippen LogP contribution in [0.1, 0.15) is 44.6 Å². The van der Waals surface area contributed by atoms with Crippen molar-refractivity contribution in [1.82, 2.24) is 10.2 Å². The molecule has 0 radical (unpaired) electrons. The minimum absolute atomic E-state index is 0.00717. The first-order valence-electron chi connectivity index (χ1n) is 9.54. The van der Waals surface area contributed by atoms with E-state index in [1.165, 1.54) is 11.0 Å². The number of carbonyl (C=O) groups is 2. The number of rotatable bonds is 11. The van der Waals surface area contributed by atoms with E-state index in [1.54, 1.807) is 12.1 Å². The van der Waals surface area contributed by atoms with Crippen LogP contribution in [0.15, 0.2) is 18.2 Å². The van der Waals surface area contributed by atoms with Crippen molar-refractivity contribution in [2.45, 2.75) is 39.0 Å². The predicted molar refractivity (Wildman–Crippen MR) is 107 cm³/mol. The van der Waals surface area contributed by atoms with Crippen LogP contribution in [-0.2, 0) is 14.6 Å². The number of benzene rings is 1. The molecular formula is C19H28FN3O4S. The van der Waals surface area contributed by atoms with Crippen LogP contribution in [-0.4, -0.2) is 56.4 Å². The molecule has 1 atom stereocenters. The van der Waals surface area contributed by atoms with E-state index in [0.717, 1.165) is 5.56 Å². The first-order chi connectivity index (χ1) is 13.2. The standard InChI is InChI=1S/C19H28FN3O4S/c1-3-21-17-11-15(7-8-16(17)20)14(2)13-28(26,27)10-6-4-5-9-23-12-18(24)22-19(23)25/h7-8,11,14,21H,3-6,9-10,12-13H2,1-2H3,(H,22,24,25)/t14-/m0/s1. The van der Waals surface area contributed by atoms with Crippen molar-refractivity contribution >= 4 is 27.5 Å². The zero-order valence-electron chi connectivity index (χ0n) is 16.3. The summed E-state index contributed by atoms with van der Waals surface area (Å²) in [6, 6.07) is 4.26. The molecule has 2 rings (SSSR count). The lowest BCUT2D eigenvalue weighted by Crippen LogP contribution is -2.29. The molecule has 0 aliphatic carbocycles. The summed E-state index contributed by atoms with van der Waals surface area (Å²) >= 11 is 0. The Morgan fingerprint density at radius 1 is 1.25 bits per heavy atom. The van der Waals surface area contributed by atoms with Crippen molar-refractivity contribution in [2.75, 3.05) is 36.5 Å². The van der Waals surface area contributed by atoms with E-state index >= 15 is 0 Å². The number of hydrogen-bond donors (Lipinski definition) is 2. The number of unbranched alkanes of at least 4 members (excludes halogenated alkanes) is 2. The van der Waals surface area contributed by atoms with Crippen molar-refractivity contribution in [2.24, 2.45) is 0 Å². The SMILES string of the molecule is CCNc1cc([C@@H](C)CS(=O)(=O)CCCCCN2CC(=O)NC2=O)ccc1F. The molecule has 0 saturated carbocycles. The van der Waals surface area contributed by atoms with Gasteiger partial charge >= 0.3 is 6.03 Å². The van der Waals surface area contributed by atoms with Crippen LogP contribution in [0.2, 0.25) is 0 Å². The molecule has 1 aromatic rings. The highest BCUT2D eigenvalue weighted by Crippen LogP contribution is 2.24. The molecule has 1 heterocycles.